The predicted molar refractivity (Wildman–Crippen MR) is 196 cm³/mol. The third-order valence-electron chi connectivity index (χ3n) is 11.9. The van der Waals surface area contributed by atoms with Gasteiger partial charge in [0, 0.05) is 51.3 Å². The summed E-state index contributed by atoms with van der Waals surface area (Å²) >= 11 is 3.43. The Morgan fingerprint density at radius 2 is 1.50 bits per heavy atom. The van der Waals surface area contributed by atoms with Gasteiger partial charge in [0.2, 0.25) is 11.8 Å². The van der Waals surface area contributed by atoms with Gasteiger partial charge in [-0.05, 0) is 120 Å². The largest absolute Gasteiger partial charge is 0.379 e. The Labute approximate surface area is 302 Å². The average molecular weight is 744 g/mol. The van der Waals surface area contributed by atoms with Crippen molar-refractivity contribution in [1.29, 1.82) is 0 Å². The Morgan fingerprint density at radius 3 is 2.18 bits per heavy atom. The minimum atomic E-state index is -0.238. The Kier molecular flexibility index (Phi) is 9.98. The lowest BCUT2D eigenvalue weighted by Gasteiger charge is -2.46. The van der Waals surface area contributed by atoms with Crippen LogP contribution in [0.4, 0.5) is 5.69 Å². The number of amides is 3. The normalized spacial score (nSPS) is 24.6. The monoisotopic (exact) mass is 742 g/mol. The maximum Gasteiger partial charge on any atom is 0.282 e. The first-order valence-corrected chi connectivity index (χ1v) is 18.9. The Morgan fingerprint density at radius 1 is 0.860 bits per heavy atom. The topological polar surface area (TPSA) is 117 Å². The Bertz CT molecular complexity index is 1790. The lowest BCUT2D eigenvalue weighted by atomic mass is 9.64. The highest BCUT2D eigenvalue weighted by Gasteiger charge is 2.39. The third-order valence-corrected chi connectivity index (χ3v) is 12.7. The molecule has 50 heavy (non-hydrogen) atoms. The molecule has 4 aliphatic rings. The van der Waals surface area contributed by atoms with Gasteiger partial charge in [-0.15, -0.1) is 0 Å². The van der Waals surface area contributed by atoms with Gasteiger partial charge in [-0.2, -0.15) is 5.10 Å². The molecule has 264 valence electrons. The van der Waals surface area contributed by atoms with Crippen LogP contribution in [0.25, 0.3) is 0 Å². The summed E-state index contributed by atoms with van der Waals surface area (Å²) in [5.74, 6) is 0.356. The van der Waals surface area contributed by atoms with E-state index in [0.29, 0.717) is 40.3 Å². The zero-order chi connectivity index (χ0) is 35.0. The van der Waals surface area contributed by atoms with Gasteiger partial charge in [-0.25, -0.2) is 4.68 Å². The van der Waals surface area contributed by atoms with Crippen molar-refractivity contribution in [2.75, 3.05) is 38.5 Å². The summed E-state index contributed by atoms with van der Waals surface area (Å²) in [7, 11) is 3.76. The maximum atomic E-state index is 13.6. The van der Waals surface area contributed by atoms with Crippen LogP contribution in [-0.2, 0) is 16.6 Å². The van der Waals surface area contributed by atoms with E-state index in [-0.39, 0.29) is 35.2 Å². The molecule has 3 saturated heterocycles. The van der Waals surface area contributed by atoms with Crippen molar-refractivity contribution in [2.24, 2.45) is 12.5 Å². The van der Waals surface area contributed by atoms with Gasteiger partial charge in [0.25, 0.3) is 11.5 Å². The fourth-order valence-corrected chi connectivity index (χ4v) is 9.31. The highest BCUT2D eigenvalue weighted by molar-refractivity contribution is 9.10. The average Bonchev–Trinajstić information content (AvgIpc) is 3.12. The van der Waals surface area contributed by atoms with Crippen molar-refractivity contribution in [2.45, 2.75) is 81.6 Å². The molecule has 7 rings (SSSR count). The van der Waals surface area contributed by atoms with Crippen molar-refractivity contribution >= 4 is 39.3 Å². The Hall–Kier alpha value is -3.83. The number of hydrogen-bond donors (Lipinski definition) is 2. The first-order chi connectivity index (χ1) is 24.1. The SMILES string of the molecule is CN1CC(Nc2cnn(C)c(=O)c2Br)CC(c2ccc(C(=O)N3CCC4(CCC(c5ccc(C6CCC(=O)NC6=O)cc5)CC4)CC3)cc2)C1. The van der Waals surface area contributed by atoms with Crippen molar-refractivity contribution in [3.8, 4) is 0 Å². The molecule has 4 heterocycles. The van der Waals surface area contributed by atoms with Crippen LogP contribution in [0, 0.1) is 5.41 Å². The summed E-state index contributed by atoms with van der Waals surface area (Å²) in [6, 6.07) is 16.9. The number of aryl methyl sites for hydroxylation is 1. The molecule has 2 N–H and O–H groups in total. The summed E-state index contributed by atoms with van der Waals surface area (Å²) in [5, 5.41) is 10.2. The molecular weight excluding hydrogens is 696 g/mol. The zero-order valence-electron chi connectivity index (χ0n) is 29.0. The fourth-order valence-electron chi connectivity index (χ4n) is 8.84. The van der Waals surface area contributed by atoms with Gasteiger partial charge in [0.1, 0.15) is 4.47 Å². The fraction of sp³-hybridized carbons (Fsp3) is 0.513. The molecule has 3 amide bonds. The number of piperidine rings is 3. The van der Waals surface area contributed by atoms with E-state index < -0.39 is 0 Å². The van der Waals surface area contributed by atoms with Gasteiger partial charge in [-0.1, -0.05) is 36.4 Å². The second-order valence-electron chi connectivity index (χ2n) is 15.2. The third kappa shape index (κ3) is 7.30. The maximum absolute atomic E-state index is 13.6. The van der Waals surface area contributed by atoms with Crippen LogP contribution in [0.5, 0.6) is 0 Å². The molecule has 10 nitrogen and oxygen atoms in total. The number of halogens is 1. The van der Waals surface area contributed by atoms with E-state index in [9.17, 15) is 19.2 Å². The molecule has 3 atom stereocenters. The standard InChI is InChI=1S/C39H47BrN6O4/c1-44-23-30(21-31(24-44)42-33-22-41-45(2)38(50)35(33)40)26-5-9-29(10-6-26)37(49)46-19-17-39(18-20-46)15-13-27(14-16-39)25-3-7-28(8-4-25)32-11-12-34(47)43-36(32)48/h3-10,22,27,30-32,42H,11-21,23-24H2,1-2H3,(H,43,47,48). The van der Waals surface area contributed by atoms with E-state index in [2.05, 4.69) is 80.0 Å². The molecule has 3 unspecified atom stereocenters. The number of likely N-dealkylation sites (tertiary alicyclic amines) is 2. The molecule has 1 saturated carbocycles. The summed E-state index contributed by atoms with van der Waals surface area (Å²) in [4.78, 5) is 54.1. The molecule has 1 aromatic heterocycles. The van der Waals surface area contributed by atoms with Crippen LogP contribution in [0.3, 0.4) is 0 Å². The smallest absolute Gasteiger partial charge is 0.282 e. The summed E-state index contributed by atoms with van der Waals surface area (Å²) in [6.07, 6.45) is 10.4. The lowest BCUT2D eigenvalue weighted by Crippen LogP contribution is -2.44. The van der Waals surface area contributed by atoms with Crippen LogP contribution in [-0.4, -0.2) is 76.6 Å². The van der Waals surface area contributed by atoms with Gasteiger partial charge < -0.3 is 15.1 Å². The number of rotatable bonds is 6. The first kappa shape index (κ1) is 34.6. The van der Waals surface area contributed by atoms with Gasteiger partial charge in [-0.3, -0.25) is 24.5 Å². The van der Waals surface area contributed by atoms with E-state index >= 15 is 0 Å². The molecule has 0 bridgehead atoms. The van der Waals surface area contributed by atoms with Crippen LogP contribution in [0.2, 0.25) is 0 Å². The number of aromatic nitrogens is 2. The molecular formula is C39H47BrN6O4. The number of carbonyl (C=O) groups is 3. The summed E-state index contributed by atoms with van der Waals surface area (Å²) in [5.41, 5.74) is 5.17. The van der Waals surface area contributed by atoms with Crippen molar-refractivity contribution < 1.29 is 14.4 Å². The first-order valence-electron chi connectivity index (χ1n) is 18.1. The minimum Gasteiger partial charge on any atom is -0.379 e. The zero-order valence-corrected chi connectivity index (χ0v) is 30.6. The quantitative estimate of drug-likeness (QED) is 0.319. The summed E-state index contributed by atoms with van der Waals surface area (Å²) in [6.45, 7) is 3.41. The molecule has 0 radical (unpaired) electrons. The van der Waals surface area contributed by atoms with E-state index in [0.717, 1.165) is 69.4 Å². The number of nitrogens with zero attached hydrogens (tertiary/aromatic N) is 4. The molecule has 3 aliphatic heterocycles. The Balaban J connectivity index is 0.901. The van der Waals surface area contributed by atoms with Crippen LogP contribution in [0.1, 0.15) is 103 Å². The number of imide groups is 1. The molecule has 1 spiro atoms. The van der Waals surface area contributed by atoms with Crippen LogP contribution in [0.15, 0.2) is 64.0 Å². The highest BCUT2D eigenvalue weighted by Crippen LogP contribution is 2.49. The van der Waals surface area contributed by atoms with Gasteiger partial charge >= 0.3 is 0 Å². The van der Waals surface area contributed by atoms with Crippen LogP contribution >= 0.6 is 15.9 Å². The minimum absolute atomic E-state index is 0.125. The number of hydrogen-bond acceptors (Lipinski definition) is 7. The van der Waals surface area contributed by atoms with Crippen molar-refractivity contribution in [3.05, 3.63) is 91.8 Å². The molecule has 3 aromatic rings. The van der Waals surface area contributed by atoms with Crippen molar-refractivity contribution in [1.82, 2.24) is 24.9 Å². The van der Waals surface area contributed by atoms with E-state index in [4.69, 9.17) is 0 Å². The lowest BCUT2D eigenvalue weighted by molar-refractivity contribution is -0.134. The molecule has 11 heteroatoms. The second-order valence-corrected chi connectivity index (χ2v) is 15.9. The van der Waals surface area contributed by atoms with Crippen molar-refractivity contribution in [3.63, 3.8) is 0 Å². The second kappa shape index (κ2) is 14.4. The van der Waals surface area contributed by atoms with E-state index in [1.54, 1.807) is 13.2 Å². The van der Waals surface area contributed by atoms with Gasteiger partial charge in [0.05, 0.1) is 17.8 Å². The highest BCUT2D eigenvalue weighted by atomic mass is 79.9. The summed E-state index contributed by atoms with van der Waals surface area (Å²) < 4.78 is 1.81. The predicted octanol–water partition coefficient (Wildman–Crippen LogP) is 5.54. The van der Waals surface area contributed by atoms with Gasteiger partial charge in [0.15, 0.2) is 0 Å². The number of anilines is 1. The molecule has 4 fully saturated rings. The molecule has 2 aromatic carbocycles. The number of nitrogens with one attached hydrogen (secondary N) is 2. The van der Waals surface area contributed by atoms with Crippen LogP contribution < -0.4 is 16.2 Å². The number of carbonyl (C=O) groups excluding carboxylic acids is 3. The van der Waals surface area contributed by atoms with E-state index in [1.165, 1.54) is 28.7 Å². The number of benzene rings is 2. The number of likely N-dealkylation sites (N-methyl/N-ethyl adjacent to an activating group) is 1. The van der Waals surface area contributed by atoms with E-state index in [1.807, 2.05) is 17.0 Å². The molecule has 1 aliphatic carbocycles.